The maximum absolute atomic E-state index is 7.57. The van der Waals surface area contributed by atoms with Gasteiger partial charge in [0.15, 0.2) is 0 Å². The average molecular weight is 281 g/mol. The summed E-state index contributed by atoms with van der Waals surface area (Å²) >= 11 is 0. The second-order valence-electron chi connectivity index (χ2n) is 1.58. The molecule has 0 aliphatic carbocycles. The Hall–Kier alpha value is 0.384. The van der Waals surface area contributed by atoms with Crippen molar-refractivity contribution < 1.29 is 44.1 Å². The molecule has 0 spiro atoms. The summed E-state index contributed by atoms with van der Waals surface area (Å²) in [6, 6.07) is 0. The van der Waals surface area contributed by atoms with Crippen molar-refractivity contribution >= 4 is 0 Å². The number of aliphatic hydroxyl groups excluding tert-OH is 5. The molecule has 0 aliphatic rings. The van der Waals surface area contributed by atoms with Crippen molar-refractivity contribution in [2.75, 3.05) is 33.0 Å². The average Bonchev–Trinajstić information content (AvgIpc) is 2.09. The molecule has 0 unspecified atom stereocenters. The normalized spacial score (nSPS) is 5.62. The molecule has 5 N–H and O–H groups in total. The summed E-state index contributed by atoms with van der Waals surface area (Å²) in [5.74, 6) is 0. The third kappa shape index (κ3) is 17400. The molecule has 0 aliphatic heterocycles. The number of aliphatic hydroxyl groups is 5. The predicted octanol–water partition coefficient (Wildman–Crippen LogP) is -0.00950. The zero-order valence-electron chi connectivity index (χ0n) is 11.2. The molecule has 0 saturated carbocycles. The molecule has 0 aromatic heterocycles. The van der Waals surface area contributed by atoms with Crippen molar-refractivity contribution in [2.45, 2.75) is 34.6 Å². The Labute approximate surface area is 112 Å². The molecule has 16 heavy (non-hydrogen) atoms. The Morgan fingerprint density at radius 2 is 0.438 bits per heavy atom. The smallest absolute Gasteiger partial charge is 0.0402 e. The molecule has 0 aromatic carbocycles. The minimum atomic E-state index is 0. The SMILES string of the molecule is CCO.CCO.CCO.CCO.CCO.[V]. The molecule has 0 atom stereocenters. The van der Waals surface area contributed by atoms with Gasteiger partial charge in [-0.25, -0.2) is 0 Å². The van der Waals surface area contributed by atoms with Gasteiger partial charge < -0.3 is 25.5 Å². The molecule has 0 bridgehead atoms. The summed E-state index contributed by atoms with van der Waals surface area (Å²) in [6.45, 7) is 9.65. The van der Waals surface area contributed by atoms with Gasteiger partial charge in [-0.2, -0.15) is 0 Å². The van der Waals surface area contributed by atoms with Crippen LogP contribution in [0.5, 0.6) is 0 Å². The number of hydrogen-bond donors (Lipinski definition) is 5. The molecule has 0 amide bonds. The van der Waals surface area contributed by atoms with Gasteiger partial charge in [0.05, 0.1) is 0 Å². The molecule has 0 rings (SSSR count). The van der Waals surface area contributed by atoms with Crippen LogP contribution in [0, 0.1) is 0 Å². The van der Waals surface area contributed by atoms with E-state index < -0.39 is 0 Å². The van der Waals surface area contributed by atoms with Gasteiger partial charge in [-0.3, -0.25) is 0 Å². The van der Waals surface area contributed by atoms with E-state index in [9.17, 15) is 0 Å². The Bertz CT molecular complexity index is 30.8. The van der Waals surface area contributed by atoms with Crippen LogP contribution in [0.4, 0.5) is 0 Å². The third-order valence-electron chi connectivity index (χ3n) is 0. The van der Waals surface area contributed by atoms with Crippen LogP contribution in [0.2, 0.25) is 0 Å². The van der Waals surface area contributed by atoms with Gasteiger partial charge in [0.2, 0.25) is 0 Å². The Morgan fingerprint density at radius 1 is 0.438 bits per heavy atom. The molecule has 105 valence electrons. The van der Waals surface area contributed by atoms with Crippen LogP contribution < -0.4 is 0 Å². The third-order valence-corrected chi connectivity index (χ3v) is 0. The molecule has 6 heteroatoms. The molecule has 0 fully saturated rings. The fourth-order valence-corrected chi connectivity index (χ4v) is 0. The van der Waals surface area contributed by atoms with Crippen molar-refractivity contribution in [3.05, 3.63) is 0 Å². The van der Waals surface area contributed by atoms with Gasteiger partial charge >= 0.3 is 0 Å². The van der Waals surface area contributed by atoms with E-state index >= 15 is 0 Å². The number of hydrogen-bond acceptors (Lipinski definition) is 5. The van der Waals surface area contributed by atoms with Crippen LogP contribution in [0.1, 0.15) is 34.6 Å². The van der Waals surface area contributed by atoms with E-state index in [1.165, 1.54) is 0 Å². The van der Waals surface area contributed by atoms with E-state index in [0.717, 1.165) is 0 Å². The second-order valence-corrected chi connectivity index (χ2v) is 1.58. The van der Waals surface area contributed by atoms with E-state index in [1.807, 2.05) is 0 Å². The first-order valence-corrected chi connectivity index (χ1v) is 5.12. The minimum Gasteiger partial charge on any atom is -0.397 e. The van der Waals surface area contributed by atoms with Crippen molar-refractivity contribution in [1.82, 2.24) is 0 Å². The minimum absolute atomic E-state index is 0. The van der Waals surface area contributed by atoms with Crippen molar-refractivity contribution in [3.8, 4) is 0 Å². The standard InChI is InChI=1S/5C2H6O.V/c5*1-2-3;/h5*3H,2H2,1H3;. The summed E-state index contributed by atoms with van der Waals surface area (Å²) < 4.78 is 0. The van der Waals surface area contributed by atoms with Crippen LogP contribution in [-0.4, -0.2) is 58.6 Å². The van der Waals surface area contributed by atoms with E-state index in [4.69, 9.17) is 25.5 Å². The van der Waals surface area contributed by atoms with Gasteiger partial charge in [-0.05, 0) is 34.6 Å². The topological polar surface area (TPSA) is 101 Å². The largest absolute Gasteiger partial charge is 0.397 e. The van der Waals surface area contributed by atoms with Gasteiger partial charge in [0.25, 0.3) is 0 Å². The summed E-state index contributed by atoms with van der Waals surface area (Å²) in [7, 11) is 0. The maximum Gasteiger partial charge on any atom is 0.0402 e. The first kappa shape index (κ1) is 36.0. The zero-order chi connectivity index (χ0) is 13.5. The van der Waals surface area contributed by atoms with E-state index in [2.05, 4.69) is 0 Å². The quantitative estimate of drug-likeness (QED) is 0.430. The molecule has 0 heterocycles. The molecule has 0 saturated heterocycles. The van der Waals surface area contributed by atoms with Crippen molar-refractivity contribution in [2.24, 2.45) is 0 Å². The van der Waals surface area contributed by atoms with E-state index in [1.54, 1.807) is 34.6 Å². The zero-order valence-corrected chi connectivity index (χ0v) is 12.6. The fraction of sp³-hybridized carbons (Fsp3) is 1.00. The first-order valence-electron chi connectivity index (χ1n) is 5.12. The summed E-state index contributed by atoms with van der Waals surface area (Å²) in [5.41, 5.74) is 0. The first-order chi connectivity index (χ1) is 7.07. The summed E-state index contributed by atoms with van der Waals surface area (Å²) in [6.07, 6.45) is 0. The molecular formula is C10H30O5V. The Balaban J connectivity index is -0.0000000192. The van der Waals surface area contributed by atoms with Crippen LogP contribution in [0.25, 0.3) is 0 Å². The van der Waals surface area contributed by atoms with Gasteiger partial charge in [-0.15, -0.1) is 0 Å². The van der Waals surface area contributed by atoms with Gasteiger partial charge in [0.1, 0.15) is 0 Å². The van der Waals surface area contributed by atoms with Gasteiger partial charge in [-0.1, -0.05) is 0 Å². The Morgan fingerprint density at radius 3 is 0.438 bits per heavy atom. The molecular weight excluding hydrogens is 251 g/mol. The predicted molar refractivity (Wildman–Crippen MR) is 63.8 cm³/mol. The monoisotopic (exact) mass is 281 g/mol. The Kier molecular flexibility index (Phi) is 247. The molecule has 0 aromatic rings. The maximum atomic E-state index is 7.57. The van der Waals surface area contributed by atoms with Crippen LogP contribution >= 0.6 is 0 Å². The van der Waals surface area contributed by atoms with E-state index in [0.29, 0.717) is 0 Å². The van der Waals surface area contributed by atoms with Gasteiger partial charge in [0, 0.05) is 51.6 Å². The van der Waals surface area contributed by atoms with Crippen LogP contribution in [-0.2, 0) is 18.6 Å². The fourth-order valence-electron chi connectivity index (χ4n) is 0. The molecule has 1 radical (unpaired) electrons. The van der Waals surface area contributed by atoms with Crippen LogP contribution in [0.15, 0.2) is 0 Å². The number of rotatable bonds is 0. The second kappa shape index (κ2) is 110. The van der Waals surface area contributed by atoms with Crippen molar-refractivity contribution in [1.29, 1.82) is 0 Å². The van der Waals surface area contributed by atoms with E-state index in [-0.39, 0.29) is 51.6 Å². The van der Waals surface area contributed by atoms with Crippen molar-refractivity contribution in [3.63, 3.8) is 0 Å². The summed E-state index contributed by atoms with van der Waals surface area (Å²) in [4.78, 5) is 0. The summed E-state index contributed by atoms with van der Waals surface area (Å²) in [5, 5.41) is 37.8. The van der Waals surface area contributed by atoms with Crippen LogP contribution in [0.3, 0.4) is 0 Å². The molecule has 5 nitrogen and oxygen atoms in total.